The second-order valence-corrected chi connectivity index (χ2v) is 14.3. The summed E-state index contributed by atoms with van der Waals surface area (Å²) in [6.45, 7) is 15.9. The molecule has 14 heteroatoms. The maximum atomic E-state index is 14.7. The van der Waals surface area contributed by atoms with Gasteiger partial charge in [0.25, 0.3) is 5.67 Å². The van der Waals surface area contributed by atoms with Crippen LogP contribution in [0.25, 0.3) is 11.4 Å². The Morgan fingerprint density at radius 3 is 2.45 bits per heavy atom. The number of carbonyl (C=O) groups is 3. The number of unbranched alkanes of at least 4 members (excludes halogenated alkanes) is 1. The molecule has 9 atom stereocenters. The number of ether oxygens (including phenoxy) is 2. The van der Waals surface area contributed by atoms with Gasteiger partial charge in [-0.2, -0.15) is 0 Å². The van der Waals surface area contributed by atoms with Crippen LogP contribution < -0.4 is 5.32 Å². The molecular formula is C35H54BFN6O6. The number of amides is 1. The molecule has 0 bridgehead atoms. The summed E-state index contributed by atoms with van der Waals surface area (Å²) >= 11 is 0. The van der Waals surface area contributed by atoms with E-state index >= 15 is 0 Å². The van der Waals surface area contributed by atoms with Crippen molar-refractivity contribution in [2.75, 3.05) is 20.2 Å². The van der Waals surface area contributed by atoms with Crippen molar-refractivity contribution in [3.05, 3.63) is 30.6 Å². The summed E-state index contributed by atoms with van der Waals surface area (Å²) in [5.74, 6) is -4.91. The lowest BCUT2D eigenvalue weighted by Crippen LogP contribution is -2.58. The quantitative estimate of drug-likeness (QED) is 0.109. The minimum Gasteiger partial charge on any atom is -0.479 e. The lowest BCUT2D eigenvalue weighted by molar-refractivity contribution is -0.158. The first-order valence-corrected chi connectivity index (χ1v) is 17.2. The zero-order valence-corrected chi connectivity index (χ0v) is 30.5. The Hall–Kier alpha value is -3.39. The molecule has 0 aliphatic carbocycles. The Labute approximate surface area is 291 Å². The van der Waals surface area contributed by atoms with E-state index < -0.39 is 40.4 Å². The van der Waals surface area contributed by atoms with E-state index in [9.17, 15) is 23.9 Å². The molecule has 0 aromatic carbocycles. The fourth-order valence-electron chi connectivity index (χ4n) is 6.96. The lowest BCUT2D eigenvalue weighted by Gasteiger charge is -2.42. The van der Waals surface area contributed by atoms with Gasteiger partial charge in [0.2, 0.25) is 0 Å². The number of nitrogens with zero attached hydrogens (tertiary/aromatic N) is 5. The van der Waals surface area contributed by atoms with Gasteiger partial charge in [-0.05, 0) is 89.7 Å². The third-order valence-corrected chi connectivity index (χ3v) is 10.6. The lowest BCUT2D eigenvalue weighted by atomic mass is 9.62. The number of pyridine rings is 1. The molecule has 3 rings (SSSR count). The number of hydrogen-bond acceptors (Lipinski definition) is 9. The van der Waals surface area contributed by atoms with Crippen LogP contribution >= 0.6 is 0 Å². The number of aryl methyl sites for hydroxylation is 1. The van der Waals surface area contributed by atoms with Crippen molar-refractivity contribution in [3.8, 4) is 11.4 Å². The van der Waals surface area contributed by atoms with Gasteiger partial charge in [-0.3, -0.25) is 19.4 Å². The number of rotatable bonds is 20. The number of aromatic nitrogens is 4. The van der Waals surface area contributed by atoms with Crippen LogP contribution in [0.1, 0.15) is 81.1 Å². The fraction of sp³-hybridized carbons (Fsp3) is 0.714. The first kappa shape index (κ1) is 40.0. The van der Waals surface area contributed by atoms with Gasteiger partial charge < -0.3 is 19.9 Å². The average molecular weight is 685 g/mol. The largest absolute Gasteiger partial charge is 0.479 e. The zero-order valence-electron chi connectivity index (χ0n) is 30.5. The van der Waals surface area contributed by atoms with Gasteiger partial charge in [0.1, 0.15) is 11.3 Å². The molecule has 1 amide bonds. The molecule has 1 aliphatic rings. The Kier molecular flexibility index (Phi) is 13.5. The minimum absolute atomic E-state index is 0.0167. The number of hydrogen-bond donors (Lipinski definition) is 2. The highest BCUT2D eigenvalue weighted by Crippen LogP contribution is 2.41. The second kappa shape index (κ2) is 16.5. The third-order valence-electron chi connectivity index (χ3n) is 10.6. The highest BCUT2D eigenvalue weighted by atomic mass is 19.1. The number of Topliss-reactive ketones (excluding diaryl/α,β-unsaturated/α-hetero) is 1. The molecule has 12 nitrogen and oxygen atoms in total. The maximum absolute atomic E-state index is 14.7. The monoisotopic (exact) mass is 684 g/mol. The van der Waals surface area contributed by atoms with E-state index in [4.69, 9.17) is 17.3 Å². The van der Waals surface area contributed by atoms with Gasteiger partial charge in [0.05, 0.1) is 31.4 Å². The third kappa shape index (κ3) is 9.05. The summed E-state index contributed by atoms with van der Waals surface area (Å²) in [7, 11) is 7.93. The van der Waals surface area contributed by atoms with Gasteiger partial charge in [-0.1, -0.05) is 39.0 Å². The van der Waals surface area contributed by atoms with Crippen molar-refractivity contribution in [1.82, 2.24) is 30.2 Å². The molecule has 0 spiro atoms. The highest BCUT2D eigenvalue weighted by Gasteiger charge is 2.55. The van der Waals surface area contributed by atoms with E-state index in [0.717, 1.165) is 31.9 Å². The van der Waals surface area contributed by atoms with Crippen molar-refractivity contribution in [3.63, 3.8) is 0 Å². The highest BCUT2D eigenvalue weighted by molar-refractivity contribution is 6.17. The predicted octanol–water partition coefficient (Wildman–Crippen LogP) is 5.13. The van der Waals surface area contributed by atoms with Crippen LogP contribution in [0, 0.1) is 17.8 Å². The molecule has 1 fully saturated rings. The van der Waals surface area contributed by atoms with E-state index in [1.807, 2.05) is 43.1 Å². The molecule has 0 saturated carbocycles. The Morgan fingerprint density at radius 1 is 1.18 bits per heavy atom. The number of carboxylic acid groups (broad SMARTS) is 1. The molecule has 2 N–H and O–H groups in total. The van der Waals surface area contributed by atoms with Gasteiger partial charge in [-0.25, -0.2) is 14.0 Å². The van der Waals surface area contributed by atoms with Gasteiger partial charge in [0.15, 0.2) is 5.78 Å². The number of methoxy groups -OCH3 is 1. The number of carbonyl (C=O) groups excluding carboxylic acids is 2. The summed E-state index contributed by atoms with van der Waals surface area (Å²) in [6, 6.07) is 5.26. The van der Waals surface area contributed by atoms with Gasteiger partial charge >= 0.3 is 12.1 Å². The van der Waals surface area contributed by atoms with E-state index in [1.165, 1.54) is 14.0 Å². The number of carboxylic acids is 1. The van der Waals surface area contributed by atoms with Crippen molar-refractivity contribution in [2.45, 2.75) is 122 Å². The van der Waals surface area contributed by atoms with E-state index in [0.29, 0.717) is 31.7 Å². The number of cyclic esters (lactones) is 1. The van der Waals surface area contributed by atoms with Crippen molar-refractivity contribution >= 4 is 25.7 Å². The van der Waals surface area contributed by atoms with Crippen molar-refractivity contribution in [1.29, 1.82) is 0 Å². The van der Waals surface area contributed by atoms with Crippen molar-refractivity contribution in [2.24, 2.45) is 17.8 Å². The average Bonchev–Trinajstić information content (AvgIpc) is 3.66. The van der Waals surface area contributed by atoms with Crippen molar-refractivity contribution < 1.29 is 33.4 Å². The summed E-state index contributed by atoms with van der Waals surface area (Å²) in [5, 5.41) is 21.3. The van der Waals surface area contributed by atoms with E-state index in [1.54, 1.807) is 17.8 Å². The molecule has 3 heterocycles. The standard InChI is InChI=1S/C35H54BFN6O6/c1-10-23(3)35(8)29(43(32(47)49-35)18-14-13-17-42-21-27(40-41-42)26-15-11-12-16-38-26)25(5)39-20-22(2)19-33(6,48-9)28(36)24(4)30(44)34(7,37)31(45)46/h11-12,15-16,21-25,28-29,39H,10,13-14,17-20H2,1-9H3,(H,45,46)/t22-,23-,24-,25-,28-,29-,33-,34+,35-/m1/s1. The van der Waals surface area contributed by atoms with Gasteiger partial charge in [-0.15, -0.1) is 5.10 Å². The van der Waals surface area contributed by atoms with Crippen LogP contribution in [0.3, 0.4) is 0 Å². The maximum Gasteiger partial charge on any atom is 0.410 e. The normalized spacial score (nSPS) is 23.5. The summed E-state index contributed by atoms with van der Waals surface area (Å²) < 4.78 is 28.4. The zero-order chi connectivity index (χ0) is 36.7. The summed E-state index contributed by atoms with van der Waals surface area (Å²) in [4.78, 5) is 43.6. The topological polar surface area (TPSA) is 149 Å². The molecule has 0 unspecified atom stereocenters. The smallest absolute Gasteiger partial charge is 0.410 e. The molecule has 2 radical (unpaired) electrons. The van der Waals surface area contributed by atoms with E-state index in [2.05, 4.69) is 41.4 Å². The Morgan fingerprint density at radius 2 is 1.86 bits per heavy atom. The fourth-order valence-corrected chi connectivity index (χ4v) is 6.96. The Balaban J connectivity index is 1.64. The molecule has 1 aliphatic heterocycles. The minimum atomic E-state index is -3.05. The Bertz CT molecular complexity index is 1410. The van der Waals surface area contributed by atoms with E-state index in [-0.39, 0.29) is 30.0 Å². The number of ketones is 1. The van der Waals surface area contributed by atoms with Crippen LogP contribution in [-0.2, 0) is 25.6 Å². The number of alkyl halides is 1. The molecule has 2 aromatic rings. The molecule has 1 saturated heterocycles. The molecular weight excluding hydrogens is 630 g/mol. The predicted molar refractivity (Wildman–Crippen MR) is 185 cm³/mol. The number of nitrogens with one attached hydrogen (secondary N) is 1. The number of halogens is 1. The second-order valence-electron chi connectivity index (χ2n) is 14.3. The molecule has 270 valence electrons. The molecule has 49 heavy (non-hydrogen) atoms. The van der Waals surface area contributed by atoms with Gasteiger partial charge in [0, 0.05) is 38.4 Å². The summed E-state index contributed by atoms with van der Waals surface area (Å²) in [6.07, 6.45) is 6.03. The SMILES string of the molecule is [B][C@H]([C@@H](C)C(=O)[C@](C)(F)C(=O)O)[C@@](C)(C[C@@H](C)CN[C@H](C)[C@H]1N(CCCCn2cc(-c3ccccn3)nn2)C(=O)O[C@]1(C)[C@H](C)CC)OC. The van der Waals surface area contributed by atoms with Crippen LogP contribution in [-0.4, -0.2) is 105 Å². The molecule has 2 aromatic heterocycles. The first-order valence-electron chi connectivity index (χ1n) is 17.2. The van der Waals surface area contributed by atoms with Crippen LogP contribution in [0.4, 0.5) is 9.18 Å². The number of aliphatic carboxylic acids is 1. The van der Waals surface area contributed by atoms with Crippen LogP contribution in [0.5, 0.6) is 0 Å². The summed E-state index contributed by atoms with van der Waals surface area (Å²) in [5.41, 5.74) is -3.34. The van der Waals surface area contributed by atoms with Crippen LogP contribution in [0.2, 0.25) is 5.82 Å². The van der Waals surface area contributed by atoms with Crippen LogP contribution in [0.15, 0.2) is 30.6 Å². The first-order chi connectivity index (χ1) is 22.9.